The maximum atomic E-state index is 13.7. The fourth-order valence-corrected chi connectivity index (χ4v) is 4.04. The predicted molar refractivity (Wildman–Crippen MR) is 137 cm³/mol. The first-order valence-corrected chi connectivity index (χ1v) is 11.8. The van der Waals surface area contributed by atoms with E-state index in [9.17, 15) is 23.1 Å². The van der Waals surface area contributed by atoms with Crippen LogP contribution in [0.15, 0.2) is 60.7 Å². The van der Waals surface area contributed by atoms with E-state index in [0.29, 0.717) is 34.3 Å². The number of nitrogens with zero attached hydrogens (tertiary/aromatic N) is 2. The fraction of sp³-hybridized carbons (Fsp3) is 0.250. The standard InChI is InChI=1S/C28H26F3N3O4/c1-16(18-5-4-6-22(12-18)37-3)32-9-10-38-23-13-20(11-21(15-23)28(29,30)31)19-7-8-25-24(14-19)17(2)33-26(34-25)27(35)36/h4-8,11-16,32H,9-10H2,1-3H3,(H,35,36). The summed E-state index contributed by atoms with van der Waals surface area (Å²) in [6.07, 6.45) is -4.57. The van der Waals surface area contributed by atoms with Crippen molar-refractivity contribution < 1.29 is 32.5 Å². The highest BCUT2D eigenvalue weighted by Crippen LogP contribution is 2.36. The number of hydrogen-bond donors (Lipinski definition) is 2. The van der Waals surface area contributed by atoms with Gasteiger partial charge in [-0.1, -0.05) is 18.2 Å². The molecule has 0 aliphatic carbocycles. The van der Waals surface area contributed by atoms with Crippen molar-refractivity contribution in [3.05, 3.63) is 83.3 Å². The Morgan fingerprint density at radius 1 is 1.03 bits per heavy atom. The fourth-order valence-electron chi connectivity index (χ4n) is 4.04. The van der Waals surface area contributed by atoms with Crippen LogP contribution in [0.5, 0.6) is 11.5 Å². The molecule has 198 valence electrons. The van der Waals surface area contributed by atoms with Gasteiger partial charge in [-0.05, 0) is 73.0 Å². The summed E-state index contributed by atoms with van der Waals surface area (Å²) in [6, 6.07) is 16.0. The number of fused-ring (bicyclic) bond motifs is 1. The lowest BCUT2D eigenvalue weighted by atomic mass is 10.00. The van der Waals surface area contributed by atoms with Gasteiger partial charge in [0.05, 0.1) is 18.2 Å². The van der Waals surface area contributed by atoms with E-state index in [0.717, 1.165) is 23.4 Å². The Hall–Kier alpha value is -4.18. The van der Waals surface area contributed by atoms with E-state index in [1.807, 2.05) is 31.2 Å². The number of methoxy groups -OCH3 is 1. The summed E-state index contributed by atoms with van der Waals surface area (Å²) in [6.45, 7) is 4.16. The Balaban J connectivity index is 1.54. The summed E-state index contributed by atoms with van der Waals surface area (Å²) in [5.74, 6) is -0.778. The molecule has 1 heterocycles. The third-order valence-corrected chi connectivity index (χ3v) is 6.06. The van der Waals surface area contributed by atoms with Crippen LogP contribution in [0.4, 0.5) is 13.2 Å². The maximum Gasteiger partial charge on any atom is 0.416 e. The van der Waals surface area contributed by atoms with Crippen LogP contribution >= 0.6 is 0 Å². The van der Waals surface area contributed by atoms with Gasteiger partial charge in [0.15, 0.2) is 0 Å². The minimum absolute atomic E-state index is 0.0181. The molecule has 10 heteroatoms. The topological polar surface area (TPSA) is 93.6 Å². The van der Waals surface area contributed by atoms with E-state index in [-0.39, 0.29) is 24.2 Å². The molecule has 0 amide bonds. The quantitative estimate of drug-likeness (QED) is 0.257. The van der Waals surface area contributed by atoms with Gasteiger partial charge in [-0.2, -0.15) is 13.2 Å². The SMILES string of the molecule is COc1cccc(C(C)NCCOc2cc(-c3ccc4nc(C(=O)O)nc(C)c4c3)cc(C(F)(F)F)c2)c1. The van der Waals surface area contributed by atoms with Crippen molar-refractivity contribution in [3.63, 3.8) is 0 Å². The second-order valence-corrected chi connectivity index (χ2v) is 8.71. The number of aromatic carboxylic acids is 1. The molecule has 4 rings (SSSR count). The van der Waals surface area contributed by atoms with Crippen LogP contribution < -0.4 is 14.8 Å². The summed E-state index contributed by atoms with van der Waals surface area (Å²) < 4.78 is 52.0. The van der Waals surface area contributed by atoms with Gasteiger partial charge in [0.25, 0.3) is 0 Å². The third kappa shape index (κ3) is 6.20. The lowest BCUT2D eigenvalue weighted by molar-refractivity contribution is -0.137. The molecule has 0 saturated carbocycles. The minimum atomic E-state index is -4.57. The Morgan fingerprint density at radius 2 is 1.82 bits per heavy atom. The number of nitrogens with one attached hydrogen (secondary N) is 1. The second kappa shape index (κ2) is 11.1. The molecule has 0 saturated heterocycles. The van der Waals surface area contributed by atoms with E-state index in [2.05, 4.69) is 15.3 Å². The lowest BCUT2D eigenvalue weighted by Gasteiger charge is -2.17. The van der Waals surface area contributed by atoms with Crippen molar-refractivity contribution in [2.24, 2.45) is 0 Å². The van der Waals surface area contributed by atoms with E-state index in [1.165, 1.54) is 0 Å². The number of carboxylic acid groups (broad SMARTS) is 1. The predicted octanol–water partition coefficient (Wildman–Crippen LogP) is 6.06. The van der Waals surface area contributed by atoms with Crippen molar-refractivity contribution >= 4 is 16.9 Å². The molecule has 0 aliphatic rings. The largest absolute Gasteiger partial charge is 0.497 e. The zero-order valence-electron chi connectivity index (χ0n) is 21.0. The van der Waals surface area contributed by atoms with Crippen LogP contribution in [-0.2, 0) is 6.18 Å². The maximum absolute atomic E-state index is 13.7. The van der Waals surface area contributed by atoms with Crippen LogP contribution in [0.3, 0.4) is 0 Å². The molecule has 1 unspecified atom stereocenters. The molecule has 2 N–H and O–H groups in total. The van der Waals surface area contributed by atoms with Crippen LogP contribution in [0, 0.1) is 6.92 Å². The highest BCUT2D eigenvalue weighted by Gasteiger charge is 2.31. The Labute approximate surface area is 217 Å². The lowest BCUT2D eigenvalue weighted by Crippen LogP contribution is -2.24. The first-order valence-electron chi connectivity index (χ1n) is 11.8. The van der Waals surface area contributed by atoms with Crippen LogP contribution in [0.25, 0.3) is 22.0 Å². The summed E-state index contributed by atoms with van der Waals surface area (Å²) in [5.41, 5.74) is 1.77. The van der Waals surface area contributed by atoms with Crippen LogP contribution in [0.2, 0.25) is 0 Å². The van der Waals surface area contributed by atoms with Crippen molar-refractivity contribution in [2.75, 3.05) is 20.3 Å². The van der Waals surface area contributed by atoms with E-state index in [1.54, 1.807) is 38.3 Å². The van der Waals surface area contributed by atoms with Crippen molar-refractivity contribution in [1.29, 1.82) is 0 Å². The average molecular weight is 526 g/mol. The molecule has 0 aliphatic heterocycles. The Morgan fingerprint density at radius 3 is 2.53 bits per heavy atom. The zero-order valence-corrected chi connectivity index (χ0v) is 21.0. The average Bonchev–Trinajstić information content (AvgIpc) is 2.90. The number of rotatable bonds is 9. The smallest absolute Gasteiger partial charge is 0.416 e. The number of hydrogen-bond acceptors (Lipinski definition) is 6. The summed E-state index contributed by atoms with van der Waals surface area (Å²) in [5, 5.41) is 13.0. The molecule has 0 radical (unpaired) electrons. The van der Waals surface area contributed by atoms with Gasteiger partial charge in [0.2, 0.25) is 5.82 Å². The number of aromatic nitrogens is 2. The normalized spacial score (nSPS) is 12.4. The molecule has 3 aromatic carbocycles. The molecular weight excluding hydrogens is 499 g/mol. The zero-order chi connectivity index (χ0) is 27.4. The van der Waals surface area contributed by atoms with Crippen molar-refractivity contribution in [1.82, 2.24) is 15.3 Å². The highest BCUT2D eigenvalue weighted by molar-refractivity contribution is 5.90. The summed E-state index contributed by atoms with van der Waals surface area (Å²) in [7, 11) is 1.59. The Kier molecular flexibility index (Phi) is 7.82. The molecule has 4 aromatic rings. The molecule has 0 bridgehead atoms. The van der Waals surface area contributed by atoms with Crippen molar-refractivity contribution in [3.8, 4) is 22.6 Å². The number of ether oxygens (including phenoxy) is 2. The molecule has 0 fully saturated rings. The summed E-state index contributed by atoms with van der Waals surface area (Å²) in [4.78, 5) is 19.2. The summed E-state index contributed by atoms with van der Waals surface area (Å²) >= 11 is 0. The molecule has 7 nitrogen and oxygen atoms in total. The number of carboxylic acids is 1. The minimum Gasteiger partial charge on any atom is -0.497 e. The van der Waals surface area contributed by atoms with E-state index >= 15 is 0 Å². The first-order chi connectivity index (χ1) is 18.0. The second-order valence-electron chi connectivity index (χ2n) is 8.71. The number of aryl methyl sites for hydroxylation is 1. The van der Waals surface area contributed by atoms with E-state index < -0.39 is 17.7 Å². The molecule has 0 spiro atoms. The molecule has 1 aromatic heterocycles. The third-order valence-electron chi connectivity index (χ3n) is 6.06. The van der Waals surface area contributed by atoms with E-state index in [4.69, 9.17) is 9.47 Å². The van der Waals surface area contributed by atoms with Gasteiger partial charge in [-0.3, -0.25) is 0 Å². The van der Waals surface area contributed by atoms with Gasteiger partial charge in [0.1, 0.15) is 18.1 Å². The molecular formula is C28H26F3N3O4. The number of halogens is 3. The van der Waals surface area contributed by atoms with Gasteiger partial charge >= 0.3 is 12.1 Å². The van der Waals surface area contributed by atoms with Crippen LogP contribution in [0.1, 0.15) is 40.4 Å². The first kappa shape index (κ1) is 26.9. The number of alkyl halides is 3. The molecule has 38 heavy (non-hydrogen) atoms. The number of carbonyl (C=O) groups is 1. The molecule has 1 atom stereocenters. The van der Waals surface area contributed by atoms with Gasteiger partial charge in [-0.15, -0.1) is 0 Å². The van der Waals surface area contributed by atoms with Gasteiger partial charge < -0.3 is 19.9 Å². The van der Waals surface area contributed by atoms with Gasteiger partial charge in [-0.25, -0.2) is 14.8 Å². The van der Waals surface area contributed by atoms with Crippen LogP contribution in [-0.4, -0.2) is 41.3 Å². The Bertz CT molecular complexity index is 1470. The van der Waals surface area contributed by atoms with Gasteiger partial charge in [0, 0.05) is 23.7 Å². The highest BCUT2D eigenvalue weighted by atomic mass is 19.4. The number of benzene rings is 3. The monoisotopic (exact) mass is 525 g/mol. The van der Waals surface area contributed by atoms with Crippen molar-refractivity contribution in [2.45, 2.75) is 26.1 Å².